The first kappa shape index (κ1) is 18.2. The maximum atomic E-state index is 12.2. The molecule has 2 aliphatic heterocycles. The molecule has 1 aromatic rings. The standard InChI is InChI=1S/C21H33N3O/c1-5-10-21(11-13-22(4)14-12-21)16-23-15-17(2)24(18(3)25)20-9-7-6-8-19(20)23/h6-9,17H,5,10-16H2,1-4H3. The molecule has 25 heavy (non-hydrogen) atoms. The minimum Gasteiger partial charge on any atom is -0.367 e. The van der Waals surface area contributed by atoms with Crippen molar-refractivity contribution in [2.75, 3.05) is 43.0 Å². The SMILES string of the molecule is CCCC1(CN2CC(C)N(C(C)=O)c3ccccc32)CCN(C)CC1. The number of carbonyl (C=O) groups is 1. The number of hydrogen-bond acceptors (Lipinski definition) is 3. The van der Waals surface area contributed by atoms with E-state index in [0.717, 1.165) is 18.8 Å². The quantitative estimate of drug-likeness (QED) is 0.833. The van der Waals surface area contributed by atoms with Crippen molar-refractivity contribution in [1.29, 1.82) is 0 Å². The molecule has 1 amide bonds. The minimum atomic E-state index is 0.141. The minimum absolute atomic E-state index is 0.141. The number of likely N-dealkylation sites (tertiary alicyclic amines) is 1. The van der Waals surface area contributed by atoms with Gasteiger partial charge < -0.3 is 14.7 Å². The van der Waals surface area contributed by atoms with Gasteiger partial charge in [-0.15, -0.1) is 0 Å². The lowest BCUT2D eigenvalue weighted by atomic mass is 9.74. The molecule has 2 heterocycles. The van der Waals surface area contributed by atoms with E-state index in [9.17, 15) is 4.79 Å². The van der Waals surface area contributed by atoms with Crippen molar-refractivity contribution >= 4 is 17.3 Å². The maximum absolute atomic E-state index is 12.2. The molecular weight excluding hydrogens is 310 g/mol. The Balaban J connectivity index is 1.88. The largest absolute Gasteiger partial charge is 0.367 e. The highest BCUT2D eigenvalue weighted by Crippen LogP contribution is 2.42. The van der Waals surface area contributed by atoms with E-state index in [1.54, 1.807) is 6.92 Å². The molecule has 1 atom stereocenters. The van der Waals surface area contributed by atoms with E-state index >= 15 is 0 Å². The van der Waals surface area contributed by atoms with Gasteiger partial charge in [0.25, 0.3) is 0 Å². The van der Waals surface area contributed by atoms with Gasteiger partial charge in [0.1, 0.15) is 0 Å². The van der Waals surface area contributed by atoms with E-state index in [1.807, 2.05) is 11.0 Å². The van der Waals surface area contributed by atoms with Gasteiger partial charge in [-0.25, -0.2) is 0 Å². The summed E-state index contributed by atoms with van der Waals surface area (Å²) in [6, 6.07) is 8.65. The summed E-state index contributed by atoms with van der Waals surface area (Å²) in [4.78, 5) is 19.1. The number of carbonyl (C=O) groups excluding carboxylic acids is 1. The second kappa shape index (κ2) is 7.36. The number of piperidine rings is 1. The van der Waals surface area contributed by atoms with Gasteiger partial charge in [0, 0.05) is 20.0 Å². The Morgan fingerprint density at radius 1 is 1.20 bits per heavy atom. The van der Waals surface area contributed by atoms with E-state index in [-0.39, 0.29) is 11.9 Å². The molecular formula is C21H33N3O. The highest BCUT2D eigenvalue weighted by atomic mass is 16.2. The fourth-order valence-electron chi connectivity index (χ4n) is 4.82. The molecule has 3 rings (SSSR count). The lowest BCUT2D eigenvalue weighted by molar-refractivity contribution is -0.117. The highest BCUT2D eigenvalue weighted by molar-refractivity contribution is 5.97. The zero-order chi connectivity index (χ0) is 18.0. The molecule has 1 saturated heterocycles. The Morgan fingerprint density at radius 3 is 2.44 bits per heavy atom. The number of amides is 1. The molecule has 0 aromatic heterocycles. The molecule has 0 N–H and O–H groups in total. The smallest absolute Gasteiger partial charge is 0.224 e. The summed E-state index contributed by atoms with van der Waals surface area (Å²) in [7, 11) is 2.23. The Labute approximate surface area is 152 Å². The average molecular weight is 344 g/mol. The van der Waals surface area contributed by atoms with Crippen molar-refractivity contribution in [2.24, 2.45) is 5.41 Å². The van der Waals surface area contributed by atoms with Gasteiger partial charge in [-0.05, 0) is 63.9 Å². The third-order valence-corrected chi connectivity index (χ3v) is 6.10. The Morgan fingerprint density at radius 2 is 1.84 bits per heavy atom. The van der Waals surface area contributed by atoms with Gasteiger partial charge in [-0.1, -0.05) is 25.5 Å². The van der Waals surface area contributed by atoms with Crippen molar-refractivity contribution in [3.63, 3.8) is 0 Å². The molecule has 4 nitrogen and oxygen atoms in total. The predicted octanol–water partition coefficient (Wildman–Crippen LogP) is 3.76. The van der Waals surface area contributed by atoms with Crippen LogP contribution in [0.1, 0.15) is 46.5 Å². The van der Waals surface area contributed by atoms with E-state index in [1.165, 1.54) is 44.5 Å². The van der Waals surface area contributed by atoms with Crippen molar-refractivity contribution in [1.82, 2.24) is 4.90 Å². The van der Waals surface area contributed by atoms with Crippen LogP contribution in [0.25, 0.3) is 0 Å². The first-order valence-electron chi connectivity index (χ1n) is 9.78. The average Bonchev–Trinajstić information content (AvgIpc) is 2.57. The van der Waals surface area contributed by atoms with Gasteiger partial charge >= 0.3 is 0 Å². The number of benzene rings is 1. The van der Waals surface area contributed by atoms with E-state index in [4.69, 9.17) is 0 Å². The molecule has 0 bridgehead atoms. The molecule has 1 fully saturated rings. The van der Waals surface area contributed by atoms with Crippen LogP contribution in [0.3, 0.4) is 0 Å². The highest BCUT2D eigenvalue weighted by Gasteiger charge is 2.38. The maximum Gasteiger partial charge on any atom is 0.224 e. The second-order valence-electron chi connectivity index (χ2n) is 8.16. The molecule has 0 radical (unpaired) electrons. The monoisotopic (exact) mass is 343 g/mol. The summed E-state index contributed by atoms with van der Waals surface area (Å²) in [5, 5.41) is 0. The van der Waals surface area contributed by atoms with Crippen LogP contribution in [0.15, 0.2) is 24.3 Å². The summed E-state index contributed by atoms with van der Waals surface area (Å²) in [6.45, 7) is 10.6. The number of nitrogens with zero attached hydrogens (tertiary/aromatic N) is 3. The summed E-state index contributed by atoms with van der Waals surface area (Å²) < 4.78 is 0. The Hall–Kier alpha value is -1.55. The second-order valence-corrected chi connectivity index (χ2v) is 8.16. The molecule has 4 heteroatoms. The topological polar surface area (TPSA) is 26.8 Å². The van der Waals surface area contributed by atoms with Crippen LogP contribution in [0.2, 0.25) is 0 Å². The third kappa shape index (κ3) is 3.69. The van der Waals surface area contributed by atoms with Crippen LogP contribution in [0.4, 0.5) is 11.4 Å². The fraction of sp³-hybridized carbons (Fsp3) is 0.667. The molecule has 0 aliphatic carbocycles. The van der Waals surface area contributed by atoms with Crippen LogP contribution < -0.4 is 9.80 Å². The Kier molecular flexibility index (Phi) is 5.38. The van der Waals surface area contributed by atoms with Crippen LogP contribution in [0, 0.1) is 5.41 Å². The van der Waals surface area contributed by atoms with Gasteiger partial charge in [0.05, 0.1) is 17.4 Å². The van der Waals surface area contributed by atoms with Crippen LogP contribution >= 0.6 is 0 Å². The Bertz CT molecular complexity index is 607. The summed E-state index contributed by atoms with van der Waals surface area (Å²) in [5.74, 6) is 0.141. The molecule has 1 unspecified atom stereocenters. The lowest BCUT2D eigenvalue weighted by Gasteiger charge is -2.48. The number of hydrogen-bond donors (Lipinski definition) is 0. The number of rotatable bonds is 4. The van der Waals surface area contributed by atoms with Gasteiger partial charge in [-0.3, -0.25) is 4.79 Å². The van der Waals surface area contributed by atoms with Crippen molar-refractivity contribution in [3.8, 4) is 0 Å². The molecule has 1 aromatic carbocycles. The summed E-state index contributed by atoms with van der Waals surface area (Å²) in [6.07, 6.45) is 5.10. The van der Waals surface area contributed by atoms with E-state index < -0.39 is 0 Å². The molecule has 0 spiro atoms. The fourth-order valence-corrected chi connectivity index (χ4v) is 4.82. The van der Waals surface area contributed by atoms with Gasteiger partial charge in [0.2, 0.25) is 5.91 Å². The number of anilines is 2. The normalized spacial score (nSPS) is 23.4. The van der Waals surface area contributed by atoms with Crippen molar-refractivity contribution < 1.29 is 4.79 Å². The lowest BCUT2D eigenvalue weighted by Crippen LogP contribution is -2.53. The summed E-state index contributed by atoms with van der Waals surface area (Å²) in [5.41, 5.74) is 2.71. The molecule has 0 saturated carbocycles. The van der Waals surface area contributed by atoms with Crippen molar-refractivity contribution in [2.45, 2.75) is 52.5 Å². The third-order valence-electron chi connectivity index (χ3n) is 6.10. The summed E-state index contributed by atoms with van der Waals surface area (Å²) >= 11 is 0. The number of para-hydroxylation sites is 2. The van der Waals surface area contributed by atoms with Crippen molar-refractivity contribution in [3.05, 3.63) is 24.3 Å². The zero-order valence-corrected chi connectivity index (χ0v) is 16.3. The predicted molar refractivity (Wildman–Crippen MR) is 105 cm³/mol. The van der Waals surface area contributed by atoms with E-state index in [2.05, 4.69) is 48.9 Å². The molecule has 138 valence electrons. The van der Waals surface area contributed by atoms with Crippen LogP contribution in [0.5, 0.6) is 0 Å². The first-order valence-corrected chi connectivity index (χ1v) is 9.78. The molecule has 2 aliphatic rings. The van der Waals surface area contributed by atoms with Crippen LogP contribution in [-0.2, 0) is 4.79 Å². The number of fused-ring (bicyclic) bond motifs is 1. The van der Waals surface area contributed by atoms with Crippen LogP contribution in [-0.4, -0.2) is 50.1 Å². The van der Waals surface area contributed by atoms with E-state index in [0.29, 0.717) is 5.41 Å². The van der Waals surface area contributed by atoms with Gasteiger partial charge in [-0.2, -0.15) is 0 Å². The van der Waals surface area contributed by atoms with Gasteiger partial charge in [0.15, 0.2) is 0 Å². The first-order chi connectivity index (χ1) is 12.0. The zero-order valence-electron chi connectivity index (χ0n) is 16.3.